The molecule has 0 spiro atoms. The molecule has 0 aliphatic heterocycles. The second-order valence-corrected chi connectivity index (χ2v) is 8.23. The summed E-state index contributed by atoms with van der Waals surface area (Å²) in [4.78, 5) is 4.41. The highest BCUT2D eigenvalue weighted by Crippen LogP contribution is 2.22. The minimum Gasteiger partial charge on any atom is -0.339 e. The fraction of sp³-hybridized carbons (Fsp3) is 0.143. The minimum atomic E-state index is -3.69. The van der Waals surface area contributed by atoms with Crippen LogP contribution in [0.2, 0.25) is 0 Å². The van der Waals surface area contributed by atoms with E-state index in [-0.39, 0.29) is 4.90 Å². The molecule has 7 heteroatoms. The van der Waals surface area contributed by atoms with Gasteiger partial charge in [-0.2, -0.15) is 5.26 Å². The maximum atomic E-state index is 12.6. The van der Waals surface area contributed by atoms with Crippen molar-refractivity contribution >= 4 is 27.2 Å². The van der Waals surface area contributed by atoms with E-state index >= 15 is 0 Å². The maximum absolute atomic E-state index is 12.6. The smallest absolute Gasteiger partial charge is 0.261 e. The highest BCUT2D eigenvalue weighted by molar-refractivity contribution is 7.92. The number of hydrogen-bond acceptors (Lipinski definition) is 5. The Bertz CT molecular complexity index is 1100. The van der Waals surface area contributed by atoms with Crippen molar-refractivity contribution in [3.63, 3.8) is 0 Å². The first-order chi connectivity index (χ1) is 13.4. The predicted molar refractivity (Wildman–Crippen MR) is 110 cm³/mol. The molecule has 0 bridgehead atoms. The van der Waals surface area contributed by atoms with Crippen molar-refractivity contribution in [2.75, 3.05) is 10.0 Å². The SMILES string of the molecule is CC(C)c1ccc(S(=O)(=O)Nc2ccc(Nc3ccccc3C#N)nc2)cc1. The van der Waals surface area contributed by atoms with Crippen molar-refractivity contribution in [1.82, 2.24) is 4.98 Å². The van der Waals surface area contributed by atoms with Gasteiger partial charge in [0, 0.05) is 0 Å². The van der Waals surface area contributed by atoms with Crippen molar-refractivity contribution in [2.45, 2.75) is 24.7 Å². The standard InChI is InChI=1S/C21H20N4O2S/c1-15(2)16-7-10-19(11-8-16)28(26,27)25-18-9-12-21(23-14-18)24-20-6-4-3-5-17(20)13-22/h3-12,14-15,25H,1-2H3,(H,23,24). The van der Waals surface area contributed by atoms with Crippen LogP contribution >= 0.6 is 0 Å². The Hall–Kier alpha value is -3.37. The number of nitrogens with zero attached hydrogens (tertiary/aromatic N) is 2. The quantitative estimate of drug-likeness (QED) is 0.638. The molecule has 0 atom stereocenters. The molecule has 3 aromatic rings. The number of hydrogen-bond donors (Lipinski definition) is 2. The van der Waals surface area contributed by atoms with Crippen LogP contribution in [0.3, 0.4) is 0 Å². The highest BCUT2D eigenvalue weighted by atomic mass is 32.2. The van der Waals surface area contributed by atoms with Gasteiger partial charge in [-0.1, -0.05) is 38.1 Å². The van der Waals surface area contributed by atoms with Crippen LogP contribution in [0.5, 0.6) is 0 Å². The van der Waals surface area contributed by atoms with Crippen LogP contribution in [0, 0.1) is 11.3 Å². The second kappa shape index (κ2) is 8.11. The van der Waals surface area contributed by atoms with Gasteiger partial charge in [-0.15, -0.1) is 0 Å². The zero-order valence-electron chi connectivity index (χ0n) is 15.5. The molecule has 0 fully saturated rings. The molecule has 142 valence electrons. The van der Waals surface area contributed by atoms with E-state index < -0.39 is 10.0 Å². The Morgan fingerprint density at radius 1 is 1.00 bits per heavy atom. The minimum absolute atomic E-state index is 0.196. The molecule has 1 aromatic heterocycles. The van der Waals surface area contributed by atoms with Crippen molar-refractivity contribution in [1.29, 1.82) is 5.26 Å². The van der Waals surface area contributed by atoms with Crippen molar-refractivity contribution < 1.29 is 8.42 Å². The molecule has 2 N–H and O–H groups in total. The van der Waals surface area contributed by atoms with Crippen LogP contribution in [0.1, 0.15) is 30.9 Å². The van der Waals surface area contributed by atoms with Crippen molar-refractivity contribution in [3.05, 3.63) is 78.0 Å². The molecule has 0 saturated carbocycles. The van der Waals surface area contributed by atoms with Gasteiger partial charge < -0.3 is 5.32 Å². The Labute approximate surface area is 164 Å². The molecule has 0 saturated heterocycles. The van der Waals surface area contributed by atoms with E-state index in [0.29, 0.717) is 28.7 Å². The molecule has 28 heavy (non-hydrogen) atoms. The van der Waals surface area contributed by atoms with E-state index in [2.05, 4.69) is 34.9 Å². The number of nitrogens with one attached hydrogen (secondary N) is 2. The topological polar surface area (TPSA) is 94.9 Å². The third-order valence-corrected chi connectivity index (χ3v) is 5.58. The van der Waals surface area contributed by atoms with Crippen LogP contribution in [0.15, 0.2) is 71.8 Å². The summed E-state index contributed by atoms with van der Waals surface area (Å²) in [5.74, 6) is 0.840. The molecule has 0 aliphatic rings. The fourth-order valence-electron chi connectivity index (χ4n) is 2.60. The van der Waals surface area contributed by atoms with Gasteiger partial charge in [-0.3, -0.25) is 4.72 Å². The average Bonchev–Trinajstić information content (AvgIpc) is 2.70. The molecule has 1 heterocycles. The lowest BCUT2D eigenvalue weighted by Crippen LogP contribution is -2.13. The van der Waals surface area contributed by atoms with Crippen LogP contribution in [0.25, 0.3) is 0 Å². The fourth-order valence-corrected chi connectivity index (χ4v) is 3.65. The van der Waals surface area contributed by atoms with Crippen LogP contribution in [-0.2, 0) is 10.0 Å². The second-order valence-electron chi connectivity index (χ2n) is 6.54. The van der Waals surface area contributed by atoms with E-state index in [0.717, 1.165) is 5.56 Å². The van der Waals surface area contributed by atoms with Gasteiger partial charge >= 0.3 is 0 Å². The number of rotatable bonds is 6. The van der Waals surface area contributed by atoms with Crippen LogP contribution in [0.4, 0.5) is 17.2 Å². The maximum Gasteiger partial charge on any atom is 0.261 e. The summed E-state index contributed by atoms with van der Waals surface area (Å²) >= 11 is 0. The number of anilines is 3. The first-order valence-corrected chi connectivity index (χ1v) is 10.2. The number of nitriles is 1. The van der Waals surface area contributed by atoms with E-state index in [4.69, 9.17) is 5.26 Å². The molecular weight excluding hydrogens is 372 g/mol. The number of pyridine rings is 1. The van der Waals surface area contributed by atoms with Gasteiger partial charge in [-0.25, -0.2) is 13.4 Å². The molecule has 3 rings (SSSR count). The van der Waals surface area contributed by atoms with E-state index in [9.17, 15) is 8.42 Å². The van der Waals surface area contributed by atoms with Crippen molar-refractivity contribution in [2.24, 2.45) is 0 Å². The van der Waals surface area contributed by atoms with E-state index in [1.807, 2.05) is 18.2 Å². The monoisotopic (exact) mass is 392 g/mol. The van der Waals surface area contributed by atoms with Crippen LogP contribution < -0.4 is 10.0 Å². The van der Waals surface area contributed by atoms with E-state index in [1.54, 1.807) is 42.5 Å². The Morgan fingerprint density at radius 2 is 1.71 bits per heavy atom. The molecule has 6 nitrogen and oxygen atoms in total. The number of sulfonamides is 1. The lowest BCUT2D eigenvalue weighted by Gasteiger charge is -2.11. The van der Waals surface area contributed by atoms with Gasteiger partial charge in [-0.05, 0) is 47.9 Å². The highest BCUT2D eigenvalue weighted by Gasteiger charge is 2.15. The third-order valence-electron chi connectivity index (χ3n) is 4.18. The summed E-state index contributed by atoms with van der Waals surface area (Å²) in [6.45, 7) is 4.11. The summed E-state index contributed by atoms with van der Waals surface area (Å²) in [5, 5.41) is 12.2. The Morgan fingerprint density at radius 3 is 2.32 bits per heavy atom. The molecule has 2 aromatic carbocycles. The van der Waals surface area contributed by atoms with Gasteiger partial charge in [0.25, 0.3) is 10.0 Å². The molecule has 0 amide bonds. The number of para-hydroxylation sites is 1. The zero-order valence-corrected chi connectivity index (χ0v) is 16.4. The first kappa shape index (κ1) is 19.4. The number of benzene rings is 2. The molecular formula is C21H20N4O2S. The van der Waals surface area contributed by atoms with Gasteiger partial charge in [0.05, 0.1) is 28.0 Å². The van der Waals surface area contributed by atoms with Gasteiger partial charge in [0.15, 0.2) is 0 Å². The third kappa shape index (κ3) is 4.48. The summed E-state index contributed by atoms with van der Waals surface area (Å²) in [6, 6.07) is 19.3. The summed E-state index contributed by atoms with van der Waals surface area (Å²) in [5.41, 5.74) is 2.57. The molecule has 0 radical (unpaired) electrons. The normalized spacial score (nSPS) is 11.1. The van der Waals surface area contributed by atoms with Gasteiger partial charge in [0.2, 0.25) is 0 Å². The average molecular weight is 392 g/mol. The van der Waals surface area contributed by atoms with Crippen molar-refractivity contribution in [3.8, 4) is 6.07 Å². The summed E-state index contributed by atoms with van der Waals surface area (Å²) in [7, 11) is -3.69. The first-order valence-electron chi connectivity index (χ1n) is 8.74. The Kier molecular flexibility index (Phi) is 5.62. The summed E-state index contributed by atoms with van der Waals surface area (Å²) in [6.07, 6.45) is 1.43. The largest absolute Gasteiger partial charge is 0.339 e. The lowest BCUT2D eigenvalue weighted by molar-refractivity contribution is 0.601. The molecule has 0 unspecified atom stereocenters. The molecule has 0 aliphatic carbocycles. The lowest BCUT2D eigenvalue weighted by atomic mass is 10.0. The van der Waals surface area contributed by atoms with Gasteiger partial charge in [0.1, 0.15) is 11.9 Å². The Balaban J connectivity index is 1.74. The predicted octanol–water partition coefficient (Wildman–Crippen LogP) is 4.62. The number of aromatic nitrogens is 1. The zero-order chi connectivity index (χ0) is 20.1. The summed E-state index contributed by atoms with van der Waals surface area (Å²) < 4.78 is 27.6. The van der Waals surface area contributed by atoms with E-state index in [1.165, 1.54) is 6.20 Å². The van der Waals surface area contributed by atoms with Crippen LogP contribution in [-0.4, -0.2) is 13.4 Å².